The summed E-state index contributed by atoms with van der Waals surface area (Å²) in [5, 5.41) is 3.03. The van der Waals surface area contributed by atoms with Crippen molar-refractivity contribution >= 4 is 17.5 Å². The number of morpholine rings is 1. The van der Waals surface area contributed by atoms with Gasteiger partial charge in [0.2, 0.25) is 11.8 Å². The average Bonchev–Trinajstić information content (AvgIpc) is 2.84. The summed E-state index contributed by atoms with van der Waals surface area (Å²) in [6.07, 6.45) is 0.342. The number of amides is 2. The lowest BCUT2D eigenvalue weighted by Gasteiger charge is -2.27. The van der Waals surface area contributed by atoms with Crippen LogP contribution in [0.1, 0.15) is 22.6 Å². The maximum absolute atomic E-state index is 13.3. The van der Waals surface area contributed by atoms with Crippen molar-refractivity contribution in [1.29, 1.82) is 0 Å². The van der Waals surface area contributed by atoms with Crippen molar-refractivity contribution < 1.29 is 19.1 Å². The van der Waals surface area contributed by atoms with Crippen LogP contribution in [0, 0.1) is 0 Å². The molecule has 0 aliphatic carbocycles. The molecular weight excluding hydrogens is 404 g/mol. The van der Waals surface area contributed by atoms with E-state index in [1.54, 1.807) is 0 Å². The molecule has 162 valence electrons. The highest BCUT2D eigenvalue weighted by molar-refractivity contribution is 5.99. The van der Waals surface area contributed by atoms with E-state index >= 15 is 0 Å². The molecule has 32 heavy (non-hydrogen) atoms. The minimum Gasteiger partial charge on any atom is -0.457 e. The number of fused-ring (bicyclic) bond motifs is 2. The van der Waals surface area contributed by atoms with E-state index in [-0.39, 0.29) is 11.8 Å². The second-order valence-electron chi connectivity index (χ2n) is 7.97. The summed E-state index contributed by atoms with van der Waals surface area (Å²) in [6, 6.07) is 22.7. The molecule has 6 nitrogen and oxygen atoms in total. The normalized spacial score (nSPS) is 15.3. The van der Waals surface area contributed by atoms with Crippen molar-refractivity contribution in [3.8, 4) is 11.5 Å². The molecular formula is C26H24N2O4. The predicted octanol–water partition coefficient (Wildman–Crippen LogP) is 3.96. The van der Waals surface area contributed by atoms with Gasteiger partial charge >= 0.3 is 0 Å². The van der Waals surface area contributed by atoms with Gasteiger partial charge in [0.15, 0.2) is 0 Å². The van der Waals surface area contributed by atoms with E-state index in [2.05, 4.69) is 5.32 Å². The van der Waals surface area contributed by atoms with Gasteiger partial charge in [-0.3, -0.25) is 9.59 Å². The number of para-hydroxylation sites is 2. The molecule has 0 aromatic heterocycles. The molecule has 2 heterocycles. The van der Waals surface area contributed by atoms with E-state index in [0.29, 0.717) is 49.9 Å². The van der Waals surface area contributed by atoms with Gasteiger partial charge in [0.25, 0.3) is 0 Å². The van der Waals surface area contributed by atoms with Gasteiger partial charge in [-0.05, 0) is 29.8 Å². The summed E-state index contributed by atoms with van der Waals surface area (Å²) in [6.45, 7) is 2.46. The van der Waals surface area contributed by atoms with Crippen LogP contribution in [0.3, 0.4) is 0 Å². The summed E-state index contributed by atoms with van der Waals surface area (Å²) in [5.41, 5.74) is 3.30. The Kier molecular flexibility index (Phi) is 5.60. The molecule has 0 saturated carbocycles. The summed E-state index contributed by atoms with van der Waals surface area (Å²) in [7, 11) is 0. The molecule has 1 saturated heterocycles. The summed E-state index contributed by atoms with van der Waals surface area (Å²) in [4.78, 5) is 27.6. The van der Waals surface area contributed by atoms with Crippen molar-refractivity contribution in [2.45, 2.75) is 12.3 Å². The third-order valence-electron chi connectivity index (χ3n) is 5.88. The molecule has 0 atom stereocenters. The van der Waals surface area contributed by atoms with Gasteiger partial charge in [-0.15, -0.1) is 0 Å². The first-order chi connectivity index (χ1) is 15.7. The van der Waals surface area contributed by atoms with Gasteiger partial charge in [-0.2, -0.15) is 0 Å². The number of carbonyl (C=O) groups excluding carboxylic acids is 2. The SMILES string of the molecule is O=C(Nc1ccc(CC(=O)N2CCOCC2)cc1)C1c2ccccc2Oc2ccccc21. The molecule has 1 fully saturated rings. The van der Waals surface area contributed by atoms with Gasteiger partial charge in [-0.25, -0.2) is 0 Å². The first kappa shape index (κ1) is 20.3. The first-order valence-corrected chi connectivity index (χ1v) is 10.8. The van der Waals surface area contributed by atoms with Crippen LogP contribution in [-0.2, 0) is 20.7 Å². The Hall–Kier alpha value is -3.64. The third-order valence-corrected chi connectivity index (χ3v) is 5.88. The molecule has 0 radical (unpaired) electrons. The fourth-order valence-electron chi connectivity index (χ4n) is 4.21. The quantitative estimate of drug-likeness (QED) is 0.683. The van der Waals surface area contributed by atoms with Crippen molar-refractivity contribution in [1.82, 2.24) is 4.90 Å². The maximum Gasteiger partial charge on any atom is 0.236 e. The highest BCUT2D eigenvalue weighted by Gasteiger charge is 2.32. The van der Waals surface area contributed by atoms with E-state index in [4.69, 9.17) is 9.47 Å². The second kappa shape index (κ2) is 8.85. The summed E-state index contributed by atoms with van der Waals surface area (Å²) >= 11 is 0. The van der Waals surface area contributed by atoms with Gasteiger partial charge in [-0.1, -0.05) is 48.5 Å². The molecule has 0 unspecified atom stereocenters. The number of rotatable bonds is 4. The zero-order chi connectivity index (χ0) is 21.9. The molecule has 1 N–H and O–H groups in total. The lowest BCUT2D eigenvalue weighted by atomic mass is 9.87. The van der Waals surface area contributed by atoms with Crippen molar-refractivity contribution in [2.24, 2.45) is 0 Å². The Morgan fingerprint density at radius 1 is 0.844 bits per heavy atom. The van der Waals surface area contributed by atoms with E-state index in [0.717, 1.165) is 16.7 Å². The maximum atomic E-state index is 13.3. The Balaban J connectivity index is 1.31. The number of carbonyl (C=O) groups is 2. The van der Waals surface area contributed by atoms with Crippen LogP contribution in [-0.4, -0.2) is 43.0 Å². The summed E-state index contributed by atoms with van der Waals surface area (Å²) in [5.74, 6) is 0.913. The molecule has 0 bridgehead atoms. The lowest BCUT2D eigenvalue weighted by molar-refractivity contribution is -0.134. The van der Waals surface area contributed by atoms with E-state index in [9.17, 15) is 9.59 Å². The fourth-order valence-corrected chi connectivity index (χ4v) is 4.21. The molecule has 3 aromatic rings. The molecule has 5 rings (SSSR count). The number of hydrogen-bond acceptors (Lipinski definition) is 4. The number of benzene rings is 3. The fraction of sp³-hybridized carbons (Fsp3) is 0.231. The minimum atomic E-state index is -0.460. The molecule has 3 aromatic carbocycles. The molecule has 2 aliphatic rings. The van der Waals surface area contributed by atoms with Crippen LogP contribution in [0.25, 0.3) is 0 Å². The smallest absolute Gasteiger partial charge is 0.236 e. The standard InChI is InChI=1S/C26H24N2O4/c29-24(28-13-15-31-16-14-28)17-18-9-11-19(12-10-18)27-26(30)25-20-5-1-3-7-22(20)32-23-8-4-2-6-21(23)25/h1-12,25H,13-17H2,(H,27,30). The van der Waals surface area contributed by atoms with Crippen LogP contribution >= 0.6 is 0 Å². The number of nitrogens with zero attached hydrogens (tertiary/aromatic N) is 1. The number of anilines is 1. The van der Waals surface area contributed by atoms with E-state index in [1.165, 1.54) is 0 Å². The first-order valence-electron chi connectivity index (χ1n) is 10.8. The van der Waals surface area contributed by atoms with Gasteiger partial charge in [0, 0.05) is 29.9 Å². The van der Waals surface area contributed by atoms with Crippen LogP contribution in [0.5, 0.6) is 11.5 Å². The predicted molar refractivity (Wildman–Crippen MR) is 121 cm³/mol. The van der Waals surface area contributed by atoms with E-state index < -0.39 is 5.92 Å². The minimum absolute atomic E-state index is 0.0977. The number of hydrogen-bond donors (Lipinski definition) is 1. The molecule has 2 amide bonds. The van der Waals surface area contributed by atoms with Gasteiger partial charge in [0.05, 0.1) is 25.6 Å². The Morgan fingerprint density at radius 3 is 2.06 bits per heavy atom. The van der Waals surface area contributed by atoms with Crippen molar-refractivity contribution in [2.75, 3.05) is 31.6 Å². The highest BCUT2D eigenvalue weighted by Crippen LogP contribution is 2.44. The zero-order valence-corrected chi connectivity index (χ0v) is 17.6. The third kappa shape index (κ3) is 4.09. The number of ether oxygens (including phenoxy) is 2. The number of nitrogens with one attached hydrogen (secondary N) is 1. The van der Waals surface area contributed by atoms with E-state index in [1.807, 2.05) is 77.7 Å². The topological polar surface area (TPSA) is 67.9 Å². The Morgan fingerprint density at radius 2 is 1.44 bits per heavy atom. The average molecular weight is 428 g/mol. The monoisotopic (exact) mass is 428 g/mol. The lowest BCUT2D eigenvalue weighted by Crippen LogP contribution is -2.41. The van der Waals surface area contributed by atoms with Crippen LogP contribution in [0.2, 0.25) is 0 Å². The molecule has 2 aliphatic heterocycles. The largest absolute Gasteiger partial charge is 0.457 e. The van der Waals surface area contributed by atoms with Gasteiger partial charge in [0.1, 0.15) is 11.5 Å². The molecule has 0 spiro atoms. The molecule has 6 heteroatoms. The van der Waals surface area contributed by atoms with Crippen molar-refractivity contribution in [3.05, 3.63) is 89.5 Å². The van der Waals surface area contributed by atoms with Gasteiger partial charge < -0.3 is 19.7 Å². The van der Waals surface area contributed by atoms with Crippen molar-refractivity contribution in [3.63, 3.8) is 0 Å². The Labute approximate surface area is 186 Å². The van der Waals surface area contributed by atoms with Crippen LogP contribution in [0.15, 0.2) is 72.8 Å². The van der Waals surface area contributed by atoms with Crippen LogP contribution < -0.4 is 10.1 Å². The highest BCUT2D eigenvalue weighted by atomic mass is 16.5. The Bertz CT molecular complexity index is 1090. The zero-order valence-electron chi connectivity index (χ0n) is 17.6. The summed E-state index contributed by atoms with van der Waals surface area (Å²) < 4.78 is 11.3. The van der Waals surface area contributed by atoms with Crippen LogP contribution in [0.4, 0.5) is 5.69 Å². The second-order valence-corrected chi connectivity index (χ2v) is 7.97.